The molecule has 1 aromatic heterocycles. The molecule has 0 unspecified atom stereocenters. The Morgan fingerprint density at radius 1 is 1.22 bits per heavy atom. The summed E-state index contributed by atoms with van der Waals surface area (Å²) in [6, 6.07) is 5.52. The summed E-state index contributed by atoms with van der Waals surface area (Å²) in [4.78, 5) is 10.8. The standard InChI is InChI=1S/C16H21Cl2N5/c1-10(2)22-8-7-20-16(22)23(11(3)4)15(19)21-12-5-6-13(17)14(18)9-12/h5-11H,1-4H3,(H2,19,21). The highest BCUT2D eigenvalue weighted by Crippen LogP contribution is 2.27. The molecule has 0 spiro atoms. The Morgan fingerprint density at radius 2 is 1.91 bits per heavy atom. The fourth-order valence-electron chi connectivity index (χ4n) is 2.23. The minimum Gasteiger partial charge on any atom is -0.369 e. The monoisotopic (exact) mass is 353 g/mol. The van der Waals surface area contributed by atoms with Gasteiger partial charge >= 0.3 is 0 Å². The van der Waals surface area contributed by atoms with E-state index in [-0.39, 0.29) is 12.1 Å². The minimum absolute atomic E-state index is 0.0985. The highest BCUT2D eigenvalue weighted by atomic mass is 35.5. The first kappa shape index (κ1) is 17.6. The van der Waals surface area contributed by atoms with Gasteiger partial charge in [-0.2, -0.15) is 0 Å². The van der Waals surface area contributed by atoms with Crippen LogP contribution >= 0.6 is 23.2 Å². The summed E-state index contributed by atoms with van der Waals surface area (Å²) in [6.07, 6.45) is 3.69. The maximum atomic E-state index is 6.25. The van der Waals surface area contributed by atoms with Crippen molar-refractivity contribution >= 4 is 40.8 Å². The Bertz CT molecular complexity index is 706. The van der Waals surface area contributed by atoms with Crippen molar-refractivity contribution in [3.05, 3.63) is 40.6 Å². The van der Waals surface area contributed by atoms with Gasteiger partial charge in [0.25, 0.3) is 0 Å². The fraction of sp³-hybridized carbons (Fsp3) is 0.375. The zero-order valence-corrected chi connectivity index (χ0v) is 15.2. The molecule has 0 aliphatic carbocycles. The Hall–Kier alpha value is -1.72. The first-order valence-electron chi connectivity index (χ1n) is 7.42. The molecule has 0 atom stereocenters. The molecule has 0 amide bonds. The van der Waals surface area contributed by atoms with Crippen molar-refractivity contribution < 1.29 is 0 Å². The molecule has 5 nitrogen and oxygen atoms in total. The van der Waals surface area contributed by atoms with Crippen LogP contribution in [0, 0.1) is 0 Å². The summed E-state index contributed by atoms with van der Waals surface area (Å²) in [5.74, 6) is 1.11. The van der Waals surface area contributed by atoms with E-state index in [0.29, 0.717) is 21.7 Å². The van der Waals surface area contributed by atoms with Crippen molar-refractivity contribution in [2.75, 3.05) is 4.90 Å². The van der Waals surface area contributed by atoms with Gasteiger partial charge in [-0.15, -0.1) is 0 Å². The summed E-state index contributed by atoms with van der Waals surface area (Å²) >= 11 is 12.0. The van der Waals surface area contributed by atoms with Gasteiger partial charge in [0.2, 0.25) is 11.9 Å². The van der Waals surface area contributed by atoms with Crippen molar-refractivity contribution in [2.45, 2.75) is 39.8 Å². The molecule has 2 aromatic rings. The molecule has 23 heavy (non-hydrogen) atoms. The first-order chi connectivity index (χ1) is 10.8. The molecular formula is C16H21Cl2N5. The average molecular weight is 354 g/mol. The van der Waals surface area contributed by atoms with Crippen LogP contribution in [0.5, 0.6) is 0 Å². The van der Waals surface area contributed by atoms with Crippen molar-refractivity contribution in [1.82, 2.24) is 9.55 Å². The Kier molecular flexibility index (Phi) is 5.55. The van der Waals surface area contributed by atoms with Crippen LogP contribution in [0.4, 0.5) is 11.6 Å². The van der Waals surface area contributed by atoms with Crippen molar-refractivity contribution in [3.8, 4) is 0 Å². The lowest BCUT2D eigenvalue weighted by molar-refractivity contribution is 0.589. The second-order valence-electron chi connectivity index (χ2n) is 5.76. The van der Waals surface area contributed by atoms with E-state index < -0.39 is 0 Å². The number of halogens is 2. The first-order valence-corrected chi connectivity index (χ1v) is 8.18. The molecule has 0 saturated carbocycles. The second kappa shape index (κ2) is 7.23. The predicted octanol–water partition coefficient (Wildman–Crippen LogP) is 4.63. The molecule has 1 aromatic carbocycles. The summed E-state index contributed by atoms with van der Waals surface area (Å²) in [5, 5.41) is 0.931. The van der Waals surface area contributed by atoms with Gasteiger partial charge in [-0.3, -0.25) is 4.90 Å². The molecule has 7 heteroatoms. The van der Waals surface area contributed by atoms with Crippen LogP contribution in [0.2, 0.25) is 10.0 Å². The van der Waals surface area contributed by atoms with Crippen LogP contribution in [-0.2, 0) is 0 Å². The van der Waals surface area contributed by atoms with E-state index in [1.54, 1.807) is 24.4 Å². The maximum Gasteiger partial charge on any atom is 0.212 e. The van der Waals surface area contributed by atoms with Gasteiger partial charge in [0.1, 0.15) is 0 Å². The van der Waals surface area contributed by atoms with Gasteiger partial charge in [0.15, 0.2) is 0 Å². The summed E-state index contributed by atoms with van der Waals surface area (Å²) in [7, 11) is 0. The molecule has 2 rings (SSSR count). The largest absolute Gasteiger partial charge is 0.369 e. The van der Waals surface area contributed by atoms with Gasteiger partial charge in [0, 0.05) is 24.5 Å². The van der Waals surface area contributed by atoms with Crippen LogP contribution < -0.4 is 10.6 Å². The van der Waals surface area contributed by atoms with Crippen LogP contribution in [-0.4, -0.2) is 21.6 Å². The highest BCUT2D eigenvalue weighted by molar-refractivity contribution is 6.42. The van der Waals surface area contributed by atoms with Gasteiger partial charge in [0.05, 0.1) is 15.7 Å². The van der Waals surface area contributed by atoms with E-state index in [1.165, 1.54) is 0 Å². The third-order valence-corrected chi connectivity index (χ3v) is 4.07. The Balaban J connectivity index is 2.42. The topological polar surface area (TPSA) is 59.4 Å². The lowest BCUT2D eigenvalue weighted by atomic mass is 10.3. The zero-order chi connectivity index (χ0) is 17.1. The quantitative estimate of drug-likeness (QED) is 0.643. The normalized spacial score (nSPS) is 12.3. The molecule has 1 heterocycles. The fourth-order valence-corrected chi connectivity index (χ4v) is 2.53. The second-order valence-corrected chi connectivity index (χ2v) is 6.57. The van der Waals surface area contributed by atoms with E-state index in [9.17, 15) is 0 Å². The molecule has 0 saturated heterocycles. The number of nitrogens with zero attached hydrogens (tertiary/aromatic N) is 4. The van der Waals surface area contributed by atoms with Crippen molar-refractivity contribution in [1.29, 1.82) is 0 Å². The van der Waals surface area contributed by atoms with E-state index in [1.807, 2.05) is 24.9 Å². The van der Waals surface area contributed by atoms with Crippen LogP contribution in [0.15, 0.2) is 35.6 Å². The number of guanidine groups is 1. The molecule has 0 fully saturated rings. The van der Waals surface area contributed by atoms with Crippen molar-refractivity contribution in [2.24, 2.45) is 10.7 Å². The number of nitrogens with two attached hydrogens (primary N) is 1. The summed E-state index contributed by atoms with van der Waals surface area (Å²) in [5.41, 5.74) is 6.89. The molecular weight excluding hydrogens is 333 g/mol. The number of aromatic nitrogens is 2. The molecule has 2 N–H and O–H groups in total. The van der Waals surface area contributed by atoms with Crippen LogP contribution in [0.3, 0.4) is 0 Å². The average Bonchev–Trinajstić information content (AvgIpc) is 2.92. The molecule has 0 radical (unpaired) electrons. The predicted molar refractivity (Wildman–Crippen MR) is 98.0 cm³/mol. The van der Waals surface area contributed by atoms with E-state index in [2.05, 4.69) is 28.4 Å². The zero-order valence-electron chi connectivity index (χ0n) is 13.7. The minimum atomic E-state index is 0.0985. The maximum absolute atomic E-state index is 6.25. The third-order valence-electron chi connectivity index (χ3n) is 3.33. The molecule has 0 aliphatic heterocycles. The third kappa shape index (κ3) is 3.98. The number of hydrogen-bond donors (Lipinski definition) is 1. The van der Waals surface area contributed by atoms with Crippen molar-refractivity contribution in [3.63, 3.8) is 0 Å². The Morgan fingerprint density at radius 3 is 2.48 bits per heavy atom. The number of rotatable bonds is 4. The molecule has 0 aliphatic rings. The SMILES string of the molecule is CC(C)N(C(N)=Nc1ccc(Cl)c(Cl)c1)c1nccn1C(C)C. The number of anilines is 1. The van der Waals surface area contributed by atoms with Gasteiger partial charge in [-0.1, -0.05) is 23.2 Å². The number of hydrogen-bond acceptors (Lipinski definition) is 2. The smallest absolute Gasteiger partial charge is 0.212 e. The lowest BCUT2D eigenvalue weighted by Gasteiger charge is -2.28. The highest BCUT2D eigenvalue weighted by Gasteiger charge is 2.21. The number of benzene rings is 1. The van der Waals surface area contributed by atoms with Crippen LogP contribution in [0.1, 0.15) is 33.7 Å². The van der Waals surface area contributed by atoms with E-state index in [4.69, 9.17) is 28.9 Å². The summed E-state index contributed by atoms with van der Waals surface area (Å²) in [6.45, 7) is 8.26. The summed E-state index contributed by atoms with van der Waals surface area (Å²) < 4.78 is 2.05. The number of imidazole rings is 1. The van der Waals surface area contributed by atoms with E-state index >= 15 is 0 Å². The molecule has 0 bridgehead atoms. The lowest BCUT2D eigenvalue weighted by Crippen LogP contribution is -2.43. The van der Waals surface area contributed by atoms with Crippen LogP contribution in [0.25, 0.3) is 0 Å². The Labute approximate surface area is 146 Å². The van der Waals surface area contributed by atoms with Gasteiger partial charge < -0.3 is 10.3 Å². The van der Waals surface area contributed by atoms with Gasteiger partial charge in [-0.05, 0) is 45.9 Å². The number of aliphatic imine (C=N–C) groups is 1. The molecule has 124 valence electrons. The van der Waals surface area contributed by atoms with Gasteiger partial charge in [-0.25, -0.2) is 9.98 Å². The van der Waals surface area contributed by atoms with E-state index in [0.717, 1.165) is 5.95 Å².